The molecule has 0 aromatic heterocycles. The number of hydrogen-bond acceptors (Lipinski definition) is 5. The Labute approximate surface area is 176 Å². The highest BCUT2D eigenvalue weighted by Crippen LogP contribution is 2.52. The van der Waals surface area contributed by atoms with E-state index in [-0.39, 0.29) is 23.3 Å². The predicted octanol–water partition coefficient (Wildman–Crippen LogP) is 2.62. The summed E-state index contributed by atoms with van der Waals surface area (Å²) in [4.78, 5) is 54.9. The highest BCUT2D eigenvalue weighted by molar-refractivity contribution is 6.07. The van der Waals surface area contributed by atoms with Gasteiger partial charge in [0.05, 0.1) is 17.4 Å². The summed E-state index contributed by atoms with van der Waals surface area (Å²) in [5, 5.41) is 3.42. The molecule has 1 aliphatic heterocycles. The Bertz CT molecular complexity index is 824. The van der Waals surface area contributed by atoms with Crippen LogP contribution in [0.25, 0.3) is 0 Å². The number of nitrogens with one attached hydrogen (secondary N) is 1. The number of rotatable bonds is 9. The molecule has 3 amide bonds. The van der Waals surface area contributed by atoms with E-state index >= 15 is 0 Å². The maximum atomic E-state index is 12.6. The lowest BCUT2D eigenvalue weighted by Gasteiger charge is -2.16. The standard InChI is InChI=1S/C23H28N2O5/c1-4-6-7-12-24-20(26)14(3)8-9-15(5-2)23(29)30-25-21(27)18-16-10-11-17(13-16)19(18)22(25)28/h5,8-11,16-19H,2,4,6-7,12-13H2,1,3H3,(H,24,26)/b14-8+,15-9+. The van der Waals surface area contributed by atoms with Crippen LogP contribution in [0.3, 0.4) is 0 Å². The van der Waals surface area contributed by atoms with Crippen LogP contribution in [0.5, 0.6) is 0 Å². The fourth-order valence-electron chi connectivity index (χ4n) is 4.33. The average molecular weight is 412 g/mol. The molecule has 4 atom stereocenters. The van der Waals surface area contributed by atoms with Gasteiger partial charge in [-0.05, 0) is 37.7 Å². The molecule has 7 nitrogen and oxygen atoms in total. The first-order valence-electron chi connectivity index (χ1n) is 10.5. The number of allylic oxidation sites excluding steroid dienone is 4. The molecule has 2 bridgehead atoms. The topological polar surface area (TPSA) is 92.8 Å². The third-order valence-corrected chi connectivity index (χ3v) is 6.00. The third kappa shape index (κ3) is 4.15. The first-order valence-corrected chi connectivity index (χ1v) is 10.5. The lowest BCUT2D eigenvalue weighted by molar-refractivity contribution is -0.196. The highest BCUT2D eigenvalue weighted by atomic mass is 16.7. The predicted molar refractivity (Wildman–Crippen MR) is 110 cm³/mol. The van der Waals surface area contributed by atoms with Crippen LogP contribution in [0, 0.1) is 23.7 Å². The number of hydroxylamine groups is 2. The molecule has 1 heterocycles. The summed E-state index contributed by atoms with van der Waals surface area (Å²) >= 11 is 0. The molecule has 0 aromatic carbocycles. The van der Waals surface area contributed by atoms with Crippen molar-refractivity contribution in [2.75, 3.05) is 6.54 Å². The maximum absolute atomic E-state index is 12.6. The van der Waals surface area contributed by atoms with Gasteiger partial charge in [-0.1, -0.05) is 50.6 Å². The smallest absolute Gasteiger partial charge is 0.352 e. The highest BCUT2D eigenvalue weighted by Gasteiger charge is 2.60. The molecule has 1 saturated carbocycles. The molecule has 4 unspecified atom stereocenters. The molecular weight excluding hydrogens is 384 g/mol. The van der Waals surface area contributed by atoms with E-state index in [0.717, 1.165) is 25.7 Å². The molecule has 0 aromatic rings. The minimum absolute atomic E-state index is 0.0380. The van der Waals surface area contributed by atoms with Crippen molar-refractivity contribution in [2.45, 2.75) is 39.5 Å². The largest absolute Gasteiger partial charge is 0.363 e. The number of carbonyl (C=O) groups excluding carboxylic acids is 4. The molecule has 3 rings (SSSR count). The van der Waals surface area contributed by atoms with Crippen molar-refractivity contribution in [3.63, 3.8) is 0 Å². The zero-order chi connectivity index (χ0) is 21.8. The number of unbranched alkanes of at least 4 members (excludes halogenated alkanes) is 2. The fourth-order valence-corrected chi connectivity index (χ4v) is 4.33. The second-order valence-corrected chi connectivity index (χ2v) is 7.99. The fraction of sp³-hybridized carbons (Fsp3) is 0.478. The van der Waals surface area contributed by atoms with E-state index in [2.05, 4.69) is 18.8 Å². The normalized spacial score (nSPS) is 27.5. The molecule has 3 aliphatic rings. The SMILES string of the molecule is C=C/C(=C\C=C(/C)C(=O)NCCCCC)C(=O)ON1C(=O)C2C3C=CC(C3)C2C1=O. The Kier molecular flexibility index (Phi) is 6.70. The van der Waals surface area contributed by atoms with Crippen molar-refractivity contribution in [1.29, 1.82) is 0 Å². The van der Waals surface area contributed by atoms with Crippen LogP contribution in [0.4, 0.5) is 0 Å². The zero-order valence-electron chi connectivity index (χ0n) is 17.4. The Hall–Kier alpha value is -2.96. The number of fused-ring (bicyclic) bond motifs is 5. The number of imide groups is 1. The van der Waals surface area contributed by atoms with E-state index in [1.807, 2.05) is 12.2 Å². The first-order chi connectivity index (χ1) is 14.4. The minimum Gasteiger partial charge on any atom is -0.352 e. The number of hydrogen-bond donors (Lipinski definition) is 1. The van der Waals surface area contributed by atoms with Crippen LogP contribution in [-0.4, -0.2) is 35.3 Å². The van der Waals surface area contributed by atoms with Crippen LogP contribution in [-0.2, 0) is 24.0 Å². The van der Waals surface area contributed by atoms with E-state index in [1.54, 1.807) is 6.92 Å². The molecule has 0 spiro atoms. The lowest BCUT2D eigenvalue weighted by atomic mass is 9.85. The summed E-state index contributed by atoms with van der Waals surface area (Å²) in [6.45, 7) is 7.90. The second kappa shape index (κ2) is 9.24. The van der Waals surface area contributed by atoms with Crippen molar-refractivity contribution < 1.29 is 24.0 Å². The molecule has 7 heteroatoms. The van der Waals surface area contributed by atoms with Gasteiger partial charge < -0.3 is 10.2 Å². The van der Waals surface area contributed by atoms with Crippen molar-refractivity contribution in [1.82, 2.24) is 10.4 Å². The van der Waals surface area contributed by atoms with Crippen LogP contribution < -0.4 is 5.32 Å². The van der Waals surface area contributed by atoms with Gasteiger partial charge in [-0.25, -0.2) is 4.79 Å². The van der Waals surface area contributed by atoms with E-state index in [9.17, 15) is 19.2 Å². The van der Waals surface area contributed by atoms with E-state index in [1.165, 1.54) is 18.2 Å². The average Bonchev–Trinajstić information content (AvgIpc) is 3.41. The maximum Gasteiger partial charge on any atom is 0.363 e. The van der Waals surface area contributed by atoms with Gasteiger partial charge in [0.2, 0.25) is 5.91 Å². The minimum atomic E-state index is -0.862. The van der Waals surface area contributed by atoms with Gasteiger partial charge in [0.25, 0.3) is 11.8 Å². The van der Waals surface area contributed by atoms with Gasteiger partial charge >= 0.3 is 5.97 Å². The summed E-state index contributed by atoms with van der Waals surface area (Å²) in [7, 11) is 0. The first kappa shape index (κ1) is 21.7. The Morgan fingerprint density at radius 3 is 2.37 bits per heavy atom. The molecule has 0 radical (unpaired) electrons. The quantitative estimate of drug-likeness (QED) is 0.207. The number of amides is 3. The molecule has 2 fully saturated rings. The Morgan fingerprint density at radius 2 is 1.80 bits per heavy atom. The van der Waals surface area contributed by atoms with Crippen molar-refractivity contribution in [3.8, 4) is 0 Å². The van der Waals surface area contributed by atoms with E-state index in [4.69, 9.17) is 4.84 Å². The second-order valence-electron chi connectivity index (χ2n) is 7.99. The summed E-state index contributed by atoms with van der Waals surface area (Å²) < 4.78 is 0. The van der Waals surface area contributed by atoms with Gasteiger partial charge in [-0.2, -0.15) is 0 Å². The van der Waals surface area contributed by atoms with Crippen LogP contribution in [0.1, 0.15) is 39.5 Å². The van der Waals surface area contributed by atoms with Gasteiger partial charge in [-0.15, -0.1) is 5.06 Å². The van der Waals surface area contributed by atoms with Crippen LogP contribution in [0.15, 0.2) is 48.1 Å². The molecule has 1 saturated heterocycles. The van der Waals surface area contributed by atoms with Gasteiger partial charge in [0.15, 0.2) is 0 Å². The van der Waals surface area contributed by atoms with Gasteiger partial charge in [0.1, 0.15) is 0 Å². The van der Waals surface area contributed by atoms with Gasteiger partial charge in [0, 0.05) is 12.1 Å². The molecule has 2 aliphatic carbocycles. The van der Waals surface area contributed by atoms with Crippen molar-refractivity contribution in [2.24, 2.45) is 23.7 Å². The van der Waals surface area contributed by atoms with E-state index < -0.39 is 29.6 Å². The van der Waals surface area contributed by atoms with Crippen LogP contribution in [0.2, 0.25) is 0 Å². The number of carbonyl (C=O) groups is 4. The third-order valence-electron chi connectivity index (χ3n) is 6.00. The van der Waals surface area contributed by atoms with Crippen LogP contribution >= 0.6 is 0 Å². The Balaban J connectivity index is 1.61. The molecule has 30 heavy (non-hydrogen) atoms. The molecule has 1 N–H and O–H groups in total. The monoisotopic (exact) mass is 412 g/mol. The van der Waals surface area contributed by atoms with Crippen molar-refractivity contribution >= 4 is 23.7 Å². The van der Waals surface area contributed by atoms with Crippen molar-refractivity contribution in [3.05, 3.63) is 48.1 Å². The molecule has 160 valence electrons. The molecular formula is C23H28N2O5. The van der Waals surface area contributed by atoms with Gasteiger partial charge in [-0.3, -0.25) is 14.4 Å². The summed E-state index contributed by atoms with van der Waals surface area (Å²) in [5.41, 5.74) is 0.469. The summed E-state index contributed by atoms with van der Waals surface area (Å²) in [6.07, 6.45) is 11.9. The van der Waals surface area contributed by atoms with E-state index in [0.29, 0.717) is 17.2 Å². The summed E-state index contributed by atoms with van der Waals surface area (Å²) in [6, 6.07) is 0. The summed E-state index contributed by atoms with van der Waals surface area (Å²) in [5.74, 6) is -2.80. The number of nitrogens with zero attached hydrogens (tertiary/aromatic N) is 1. The lowest BCUT2D eigenvalue weighted by Crippen LogP contribution is -2.35. The zero-order valence-corrected chi connectivity index (χ0v) is 17.4. The Morgan fingerprint density at radius 1 is 1.17 bits per heavy atom.